The first-order chi connectivity index (χ1) is 15.1. The summed E-state index contributed by atoms with van der Waals surface area (Å²) in [4.78, 5) is 4.67. The average molecular weight is 444 g/mol. The van der Waals surface area contributed by atoms with Crippen molar-refractivity contribution in [2.24, 2.45) is 0 Å². The lowest BCUT2D eigenvalue weighted by molar-refractivity contribution is 0.0368. The number of anilines is 1. The Labute approximate surface area is 191 Å². The Balaban J connectivity index is 1.67. The molecule has 0 saturated carbocycles. The Morgan fingerprint density at radius 3 is 2.45 bits per heavy atom. The van der Waals surface area contributed by atoms with E-state index >= 15 is 0 Å². The van der Waals surface area contributed by atoms with Gasteiger partial charge in [0.25, 0.3) is 0 Å². The molecule has 0 radical (unpaired) electrons. The molecule has 0 bridgehead atoms. The molecule has 0 aromatic heterocycles. The van der Waals surface area contributed by atoms with Crippen LogP contribution in [0, 0.1) is 6.92 Å². The van der Waals surface area contributed by atoms with E-state index in [-0.39, 0.29) is 0 Å². The maximum absolute atomic E-state index is 5.79. The zero-order valence-electron chi connectivity index (χ0n) is 18.7. The van der Waals surface area contributed by atoms with Crippen molar-refractivity contribution in [3.63, 3.8) is 0 Å². The van der Waals surface area contributed by atoms with Gasteiger partial charge in [0, 0.05) is 38.4 Å². The molecule has 1 saturated heterocycles. The van der Waals surface area contributed by atoms with Gasteiger partial charge >= 0.3 is 0 Å². The molecule has 1 aliphatic rings. The topological polar surface area (TPSA) is 46.2 Å². The molecule has 1 aliphatic heterocycles. The van der Waals surface area contributed by atoms with E-state index in [2.05, 4.69) is 52.4 Å². The largest absolute Gasteiger partial charge is 0.493 e. The van der Waals surface area contributed by atoms with Crippen LogP contribution < -0.4 is 14.8 Å². The normalized spacial score (nSPS) is 14.2. The van der Waals surface area contributed by atoms with Crippen LogP contribution >= 0.6 is 12.2 Å². The fourth-order valence-corrected chi connectivity index (χ4v) is 3.87. The summed E-state index contributed by atoms with van der Waals surface area (Å²) >= 11 is 5.79. The van der Waals surface area contributed by atoms with E-state index in [1.54, 1.807) is 14.2 Å². The minimum absolute atomic E-state index is 0.696. The minimum Gasteiger partial charge on any atom is -0.493 e. The molecule has 0 spiro atoms. The van der Waals surface area contributed by atoms with Gasteiger partial charge in [0.05, 0.1) is 27.4 Å². The van der Waals surface area contributed by atoms with E-state index in [9.17, 15) is 0 Å². The Hall–Kier alpha value is -2.35. The average Bonchev–Trinajstić information content (AvgIpc) is 2.80. The maximum atomic E-state index is 5.79. The van der Waals surface area contributed by atoms with Crippen molar-refractivity contribution in [2.45, 2.75) is 19.9 Å². The highest BCUT2D eigenvalue weighted by Gasteiger charge is 2.15. The number of ether oxygens (including phenoxy) is 3. The van der Waals surface area contributed by atoms with E-state index in [1.165, 1.54) is 5.56 Å². The van der Waals surface area contributed by atoms with Crippen molar-refractivity contribution in [3.8, 4) is 11.5 Å². The third-order valence-electron chi connectivity index (χ3n) is 5.42. The Morgan fingerprint density at radius 2 is 1.77 bits per heavy atom. The number of methoxy groups -OCH3 is 2. The van der Waals surface area contributed by atoms with Gasteiger partial charge in [-0.25, -0.2) is 0 Å². The minimum atomic E-state index is 0.696. The summed E-state index contributed by atoms with van der Waals surface area (Å²) in [6.07, 6.45) is 1.03. The van der Waals surface area contributed by atoms with Gasteiger partial charge in [-0.15, -0.1) is 0 Å². The van der Waals surface area contributed by atoms with Gasteiger partial charge < -0.3 is 24.4 Å². The van der Waals surface area contributed by atoms with Crippen molar-refractivity contribution in [1.29, 1.82) is 0 Å². The molecule has 6 nitrogen and oxygen atoms in total. The SMILES string of the molecule is COc1ccc(CN(CCCN2CCOCC2)C(=S)Nc2ccc(C)cc2)cc1OC. The zero-order valence-corrected chi connectivity index (χ0v) is 19.5. The number of aryl methyl sites for hydroxylation is 1. The lowest BCUT2D eigenvalue weighted by Gasteiger charge is -2.30. The predicted octanol–water partition coefficient (Wildman–Crippen LogP) is 3.93. The van der Waals surface area contributed by atoms with Crippen molar-refractivity contribution >= 4 is 23.0 Å². The highest BCUT2D eigenvalue weighted by molar-refractivity contribution is 7.80. The molecule has 2 aromatic carbocycles. The first kappa shape index (κ1) is 23.3. The number of benzene rings is 2. The molecule has 7 heteroatoms. The van der Waals surface area contributed by atoms with Crippen LogP contribution in [0.25, 0.3) is 0 Å². The van der Waals surface area contributed by atoms with Crippen molar-refractivity contribution in [3.05, 3.63) is 53.6 Å². The van der Waals surface area contributed by atoms with Crippen LogP contribution in [0.1, 0.15) is 17.5 Å². The van der Waals surface area contributed by atoms with E-state index < -0.39 is 0 Å². The molecule has 1 heterocycles. The zero-order chi connectivity index (χ0) is 22.1. The third kappa shape index (κ3) is 7.09. The lowest BCUT2D eigenvalue weighted by Crippen LogP contribution is -2.40. The number of rotatable bonds is 9. The van der Waals surface area contributed by atoms with E-state index in [1.807, 2.05) is 12.1 Å². The number of nitrogens with one attached hydrogen (secondary N) is 1. The van der Waals surface area contributed by atoms with Gasteiger partial charge in [-0.3, -0.25) is 4.90 Å². The molecule has 0 aliphatic carbocycles. The van der Waals surface area contributed by atoms with Crippen LogP contribution in [-0.4, -0.2) is 68.5 Å². The summed E-state index contributed by atoms with van der Waals surface area (Å²) in [5.41, 5.74) is 3.35. The lowest BCUT2D eigenvalue weighted by atomic mass is 10.2. The first-order valence-corrected chi connectivity index (χ1v) is 11.1. The number of hydrogen-bond acceptors (Lipinski definition) is 5. The fraction of sp³-hybridized carbons (Fsp3) is 0.458. The molecule has 0 amide bonds. The van der Waals surface area contributed by atoms with E-state index in [0.717, 1.165) is 73.7 Å². The quantitative estimate of drug-likeness (QED) is 0.589. The van der Waals surface area contributed by atoms with Crippen molar-refractivity contribution in [1.82, 2.24) is 9.80 Å². The van der Waals surface area contributed by atoms with Gasteiger partial charge in [-0.2, -0.15) is 0 Å². The fourth-order valence-electron chi connectivity index (χ4n) is 3.60. The molecule has 0 atom stereocenters. The van der Waals surface area contributed by atoms with Crippen LogP contribution in [0.15, 0.2) is 42.5 Å². The second-order valence-electron chi connectivity index (χ2n) is 7.71. The molecule has 31 heavy (non-hydrogen) atoms. The monoisotopic (exact) mass is 443 g/mol. The number of thiocarbonyl (C=S) groups is 1. The summed E-state index contributed by atoms with van der Waals surface area (Å²) < 4.78 is 16.3. The van der Waals surface area contributed by atoms with Crippen LogP contribution in [-0.2, 0) is 11.3 Å². The summed E-state index contributed by atoms with van der Waals surface area (Å²) in [7, 11) is 3.31. The van der Waals surface area contributed by atoms with Gasteiger partial charge in [-0.1, -0.05) is 23.8 Å². The summed E-state index contributed by atoms with van der Waals surface area (Å²) in [6.45, 7) is 8.33. The molecule has 2 aromatic rings. The van der Waals surface area contributed by atoms with Crippen LogP contribution in [0.4, 0.5) is 5.69 Å². The molecule has 168 valence electrons. The van der Waals surface area contributed by atoms with Gasteiger partial charge in [0.2, 0.25) is 0 Å². The van der Waals surface area contributed by atoms with E-state index in [0.29, 0.717) is 6.54 Å². The Morgan fingerprint density at radius 1 is 1.06 bits per heavy atom. The Bertz CT molecular complexity index is 838. The maximum Gasteiger partial charge on any atom is 0.173 e. The summed E-state index contributed by atoms with van der Waals surface area (Å²) in [5.74, 6) is 1.45. The summed E-state index contributed by atoms with van der Waals surface area (Å²) in [5, 5.41) is 4.12. The van der Waals surface area contributed by atoms with Crippen molar-refractivity contribution in [2.75, 3.05) is 58.9 Å². The standard InChI is InChI=1S/C24H33N3O3S/c1-19-5-8-21(9-6-19)25-24(31)27(12-4-11-26-13-15-30-16-14-26)18-20-7-10-22(28-2)23(17-20)29-3/h5-10,17H,4,11-16,18H2,1-3H3,(H,25,31). The van der Waals surface area contributed by atoms with Crippen LogP contribution in [0.5, 0.6) is 11.5 Å². The second kappa shape index (κ2) is 11.9. The van der Waals surface area contributed by atoms with Crippen LogP contribution in [0.2, 0.25) is 0 Å². The van der Waals surface area contributed by atoms with Crippen LogP contribution in [0.3, 0.4) is 0 Å². The Kier molecular flexibility index (Phi) is 8.94. The smallest absolute Gasteiger partial charge is 0.173 e. The highest BCUT2D eigenvalue weighted by Crippen LogP contribution is 2.28. The predicted molar refractivity (Wildman–Crippen MR) is 129 cm³/mol. The van der Waals surface area contributed by atoms with Gasteiger partial charge in [0.1, 0.15) is 0 Å². The molecule has 0 unspecified atom stereocenters. The molecular formula is C24H33N3O3S. The molecule has 1 N–H and O–H groups in total. The third-order valence-corrected chi connectivity index (χ3v) is 5.78. The summed E-state index contributed by atoms with van der Waals surface area (Å²) in [6, 6.07) is 14.3. The van der Waals surface area contributed by atoms with E-state index in [4.69, 9.17) is 26.4 Å². The highest BCUT2D eigenvalue weighted by atomic mass is 32.1. The number of morpholine rings is 1. The number of hydrogen-bond donors (Lipinski definition) is 1. The molecule has 1 fully saturated rings. The van der Waals surface area contributed by atoms with Gasteiger partial charge in [0.15, 0.2) is 16.6 Å². The number of nitrogens with zero attached hydrogens (tertiary/aromatic N) is 2. The van der Waals surface area contributed by atoms with Crippen molar-refractivity contribution < 1.29 is 14.2 Å². The second-order valence-corrected chi connectivity index (χ2v) is 8.10. The van der Waals surface area contributed by atoms with Gasteiger partial charge in [-0.05, 0) is 55.4 Å². The first-order valence-electron chi connectivity index (χ1n) is 10.7. The molecule has 3 rings (SSSR count). The molecular weight excluding hydrogens is 410 g/mol.